The lowest BCUT2D eigenvalue weighted by atomic mass is 10.3. The number of aromatic nitrogens is 1. The molecule has 0 saturated heterocycles. The first-order valence-corrected chi connectivity index (χ1v) is 5.41. The van der Waals surface area contributed by atoms with Gasteiger partial charge in [0.15, 0.2) is 5.11 Å². The lowest BCUT2D eigenvalue weighted by Gasteiger charge is -2.22. The maximum Gasteiger partial charge on any atom is 0.169 e. The van der Waals surface area contributed by atoms with Crippen molar-refractivity contribution in [3.8, 4) is 0 Å². The van der Waals surface area contributed by atoms with Crippen molar-refractivity contribution in [3.05, 3.63) is 30.1 Å². The molecule has 1 aromatic heterocycles. The zero-order valence-corrected chi connectivity index (χ0v) is 10.2. The second kappa shape index (κ2) is 5.66. The zero-order chi connectivity index (χ0) is 11.3. The zero-order valence-electron chi connectivity index (χ0n) is 9.40. The minimum Gasteiger partial charge on any atom is -0.360 e. The number of rotatable bonds is 3. The van der Waals surface area contributed by atoms with E-state index in [1.807, 2.05) is 30.3 Å². The van der Waals surface area contributed by atoms with Crippen LogP contribution in [0, 0.1) is 0 Å². The van der Waals surface area contributed by atoms with E-state index in [1.165, 1.54) is 0 Å². The van der Waals surface area contributed by atoms with Crippen LogP contribution in [0.15, 0.2) is 24.5 Å². The molecule has 0 unspecified atom stereocenters. The van der Waals surface area contributed by atoms with Gasteiger partial charge in [-0.15, -0.1) is 0 Å². The van der Waals surface area contributed by atoms with Gasteiger partial charge >= 0.3 is 0 Å². The second-order valence-corrected chi connectivity index (χ2v) is 4.21. The number of thiocarbonyl (C=S) groups is 1. The summed E-state index contributed by atoms with van der Waals surface area (Å²) in [4.78, 5) is 6.07. The Kier molecular flexibility index (Phi) is 4.49. The lowest BCUT2D eigenvalue weighted by molar-refractivity contribution is 0.480. The van der Waals surface area contributed by atoms with Gasteiger partial charge in [-0.05, 0) is 37.7 Å². The highest BCUT2D eigenvalue weighted by atomic mass is 32.1. The molecule has 1 rings (SSSR count). The van der Waals surface area contributed by atoms with E-state index in [4.69, 9.17) is 12.2 Å². The molecule has 1 heterocycles. The van der Waals surface area contributed by atoms with Crippen LogP contribution in [0.4, 0.5) is 0 Å². The molecule has 3 nitrogen and oxygen atoms in total. The molecular weight excluding hydrogens is 206 g/mol. The third kappa shape index (κ3) is 4.25. The fraction of sp³-hybridized carbons (Fsp3) is 0.455. The van der Waals surface area contributed by atoms with E-state index in [-0.39, 0.29) is 0 Å². The molecule has 0 amide bonds. The third-order valence-corrected chi connectivity index (χ3v) is 2.33. The molecule has 0 atom stereocenters. The highest BCUT2D eigenvalue weighted by Crippen LogP contribution is 2.01. The van der Waals surface area contributed by atoms with E-state index in [9.17, 15) is 0 Å². The molecule has 1 N–H and O–H groups in total. The SMILES string of the molecule is CC(C)NC(=S)N(C)Cc1cccnc1. The monoisotopic (exact) mass is 223 g/mol. The predicted molar refractivity (Wildman–Crippen MR) is 66.6 cm³/mol. The van der Waals surface area contributed by atoms with Gasteiger partial charge in [-0.25, -0.2) is 0 Å². The normalized spacial score (nSPS) is 10.1. The summed E-state index contributed by atoms with van der Waals surface area (Å²) in [6.07, 6.45) is 3.63. The minimum absolute atomic E-state index is 0.369. The van der Waals surface area contributed by atoms with Crippen molar-refractivity contribution in [2.75, 3.05) is 7.05 Å². The second-order valence-electron chi connectivity index (χ2n) is 3.82. The maximum atomic E-state index is 5.25. The first-order valence-electron chi connectivity index (χ1n) is 5.00. The van der Waals surface area contributed by atoms with Gasteiger partial charge in [0.2, 0.25) is 0 Å². The van der Waals surface area contributed by atoms with Crippen LogP contribution in [0.25, 0.3) is 0 Å². The fourth-order valence-corrected chi connectivity index (χ4v) is 1.49. The summed E-state index contributed by atoms with van der Waals surface area (Å²) in [7, 11) is 1.98. The Bertz CT molecular complexity index is 311. The van der Waals surface area contributed by atoms with Crippen molar-refractivity contribution >= 4 is 17.3 Å². The summed E-state index contributed by atoms with van der Waals surface area (Å²) in [6, 6.07) is 4.35. The van der Waals surface area contributed by atoms with Crippen LogP contribution >= 0.6 is 12.2 Å². The largest absolute Gasteiger partial charge is 0.360 e. The van der Waals surface area contributed by atoms with Crippen LogP contribution < -0.4 is 5.32 Å². The van der Waals surface area contributed by atoms with Gasteiger partial charge in [-0.3, -0.25) is 4.98 Å². The smallest absolute Gasteiger partial charge is 0.169 e. The van der Waals surface area contributed by atoms with Gasteiger partial charge in [-0.1, -0.05) is 6.07 Å². The van der Waals surface area contributed by atoms with Crippen molar-refractivity contribution in [2.45, 2.75) is 26.4 Å². The molecule has 0 spiro atoms. The Labute approximate surface area is 96.5 Å². The van der Waals surface area contributed by atoms with Crippen molar-refractivity contribution in [1.82, 2.24) is 15.2 Å². The summed E-state index contributed by atoms with van der Waals surface area (Å²) in [5.41, 5.74) is 1.16. The van der Waals surface area contributed by atoms with Crippen LogP contribution in [0.3, 0.4) is 0 Å². The molecule has 1 aromatic rings. The molecule has 0 aliphatic heterocycles. The average molecular weight is 223 g/mol. The summed E-state index contributed by atoms with van der Waals surface area (Å²) >= 11 is 5.25. The van der Waals surface area contributed by atoms with E-state index in [0.717, 1.165) is 17.2 Å². The summed E-state index contributed by atoms with van der Waals surface area (Å²) in [5, 5.41) is 3.97. The van der Waals surface area contributed by atoms with Gasteiger partial charge in [0, 0.05) is 32.0 Å². The van der Waals surface area contributed by atoms with E-state index in [0.29, 0.717) is 6.04 Å². The number of nitrogens with one attached hydrogen (secondary N) is 1. The maximum absolute atomic E-state index is 5.25. The van der Waals surface area contributed by atoms with Crippen molar-refractivity contribution in [1.29, 1.82) is 0 Å². The topological polar surface area (TPSA) is 28.2 Å². The minimum atomic E-state index is 0.369. The van der Waals surface area contributed by atoms with Gasteiger partial charge in [0.25, 0.3) is 0 Å². The van der Waals surface area contributed by atoms with Crippen molar-refractivity contribution < 1.29 is 0 Å². The molecule has 0 aromatic carbocycles. The molecular formula is C11H17N3S. The quantitative estimate of drug-likeness (QED) is 0.791. The number of pyridine rings is 1. The highest BCUT2D eigenvalue weighted by molar-refractivity contribution is 7.80. The van der Waals surface area contributed by atoms with Gasteiger partial charge in [0.05, 0.1) is 0 Å². The van der Waals surface area contributed by atoms with Gasteiger partial charge < -0.3 is 10.2 Å². The first kappa shape index (κ1) is 11.9. The number of hydrogen-bond donors (Lipinski definition) is 1. The molecule has 82 valence electrons. The Morgan fingerprint density at radius 3 is 2.87 bits per heavy atom. The molecule has 0 radical (unpaired) electrons. The van der Waals surface area contributed by atoms with Crippen LogP contribution in [-0.2, 0) is 6.54 Å². The molecule has 0 aliphatic rings. The summed E-state index contributed by atoms with van der Waals surface area (Å²) < 4.78 is 0. The number of hydrogen-bond acceptors (Lipinski definition) is 2. The van der Waals surface area contributed by atoms with Crippen LogP contribution in [0.2, 0.25) is 0 Å². The van der Waals surface area contributed by atoms with Crippen LogP contribution in [-0.4, -0.2) is 28.1 Å². The predicted octanol–water partition coefficient (Wildman–Crippen LogP) is 1.80. The Morgan fingerprint density at radius 1 is 1.60 bits per heavy atom. The van der Waals surface area contributed by atoms with Gasteiger partial charge in [0.1, 0.15) is 0 Å². The third-order valence-electron chi connectivity index (χ3n) is 1.90. The molecule has 0 saturated carbocycles. The Hall–Kier alpha value is -1.16. The Balaban J connectivity index is 2.49. The van der Waals surface area contributed by atoms with Crippen molar-refractivity contribution in [3.63, 3.8) is 0 Å². The van der Waals surface area contributed by atoms with E-state index in [2.05, 4.69) is 24.1 Å². The molecule has 0 fully saturated rings. The first-order chi connectivity index (χ1) is 7.09. The van der Waals surface area contributed by atoms with E-state index in [1.54, 1.807) is 6.20 Å². The van der Waals surface area contributed by atoms with Crippen LogP contribution in [0.5, 0.6) is 0 Å². The van der Waals surface area contributed by atoms with Crippen molar-refractivity contribution in [2.24, 2.45) is 0 Å². The standard InChI is InChI=1S/C11H17N3S/c1-9(2)13-11(15)14(3)8-10-5-4-6-12-7-10/h4-7,9H,8H2,1-3H3,(H,13,15). The molecule has 0 aliphatic carbocycles. The molecule has 15 heavy (non-hydrogen) atoms. The number of nitrogens with zero attached hydrogens (tertiary/aromatic N) is 2. The summed E-state index contributed by atoms with van der Waals surface area (Å²) in [5.74, 6) is 0. The molecule has 0 bridgehead atoms. The summed E-state index contributed by atoms with van der Waals surface area (Å²) in [6.45, 7) is 4.93. The molecule has 4 heteroatoms. The Morgan fingerprint density at radius 2 is 2.33 bits per heavy atom. The lowest BCUT2D eigenvalue weighted by Crippen LogP contribution is -2.40. The fourth-order valence-electron chi connectivity index (χ4n) is 1.19. The van der Waals surface area contributed by atoms with E-state index < -0.39 is 0 Å². The highest BCUT2D eigenvalue weighted by Gasteiger charge is 2.05. The van der Waals surface area contributed by atoms with E-state index >= 15 is 0 Å². The van der Waals surface area contributed by atoms with Crippen LogP contribution in [0.1, 0.15) is 19.4 Å². The average Bonchev–Trinajstić information content (AvgIpc) is 2.18. The van der Waals surface area contributed by atoms with Gasteiger partial charge in [-0.2, -0.15) is 0 Å².